The number of halogens is 1. The van der Waals surface area contributed by atoms with Crippen LogP contribution in [-0.4, -0.2) is 56.4 Å². The molecule has 2 aliphatic rings. The molecule has 5 nitrogen and oxygen atoms in total. The first-order chi connectivity index (χ1) is 11.6. The number of methoxy groups -OCH3 is 1. The molecule has 2 heterocycles. The second-order valence-corrected chi connectivity index (χ2v) is 6.53. The number of carbonyl (C=O) groups is 1. The van der Waals surface area contributed by atoms with Crippen LogP contribution in [0.3, 0.4) is 0 Å². The molecule has 2 fully saturated rings. The van der Waals surface area contributed by atoms with E-state index in [4.69, 9.17) is 14.2 Å². The third-order valence-corrected chi connectivity index (χ3v) is 4.95. The quantitative estimate of drug-likeness (QED) is 0.827. The summed E-state index contributed by atoms with van der Waals surface area (Å²) in [4.78, 5) is 14.5. The molecule has 1 aromatic carbocycles. The number of hydrogen-bond acceptors (Lipinski definition) is 4. The van der Waals surface area contributed by atoms with Crippen LogP contribution in [-0.2, 0) is 14.3 Å². The molecular weight excluding hydrogens is 313 g/mol. The van der Waals surface area contributed by atoms with E-state index in [2.05, 4.69) is 0 Å². The minimum absolute atomic E-state index is 0.0597. The molecule has 0 saturated carbocycles. The van der Waals surface area contributed by atoms with E-state index in [1.807, 2.05) is 4.90 Å². The molecule has 0 unspecified atom stereocenters. The number of benzene rings is 1. The molecule has 132 valence electrons. The summed E-state index contributed by atoms with van der Waals surface area (Å²) in [5, 5.41) is 0. The van der Waals surface area contributed by atoms with Gasteiger partial charge in [0, 0.05) is 32.8 Å². The first-order valence-corrected chi connectivity index (χ1v) is 8.42. The monoisotopic (exact) mass is 337 g/mol. The van der Waals surface area contributed by atoms with Crippen LogP contribution in [0, 0.1) is 11.7 Å². The summed E-state index contributed by atoms with van der Waals surface area (Å²) < 4.78 is 29.7. The standard InChI is InChI=1S/C18H24FNO4/c1-22-18(13-24-16-4-2-15(19)3-5-16)8-9-20(12-18)17(21)14-6-10-23-11-7-14/h2-5,14H,6-13H2,1H3/t18-/m1/s1. The lowest BCUT2D eigenvalue weighted by Crippen LogP contribution is -2.44. The van der Waals surface area contributed by atoms with Gasteiger partial charge in [0.2, 0.25) is 5.91 Å². The lowest BCUT2D eigenvalue weighted by atomic mass is 9.98. The highest BCUT2D eigenvalue weighted by Gasteiger charge is 2.42. The fourth-order valence-electron chi connectivity index (χ4n) is 3.32. The van der Waals surface area contributed by atoms with E-state index in [0.717, 1.165) is 19.3 Å². The smallest absolute Gasteiger partial charge is 0.225 e. The highest BCUT2D eigenvalue weighted by atomic mass is 19.1. The Labute approximate surface area is 141 Å². The number of carbonyl (C=O) groups excluding carboxylic acids is 1. The van der Waals surface area contributed by atoms with Crippen LogP contribution in [0.1, 0.15) is 19.3 Å². The van der Waals surface area contributed by atoms with Crippen molar-refractivity contribution in [1.82, 2.24) is 4.90 Å². The van der Waals surface area contributed by atoms with Gasteiger partial charge in [-0.1, -0.05) is 0 Å². The Morgan fingerprint density at radius 1 is 1.33 bits per heavy atom. The van der Waals surface area contributed by atoms with Crippen LogP contribution in [0.4, 0.5) is 4.39 Å². The maximum absolute atomic E-state index is 13.0. The maximum Gasteiger partial charge on any atom is 0.225 e. The molecule has 3 rings (SSSR count). The van der Waals surface area contributed by atoms with Gasteiger partial charge >= 0.3 is 0 Å². The molecule has 0 aromatic heterocycles. The van der Waals surface area contributed by atoms with Crippen molar-refractivity contribution in [3.05, 3.63) is 30.1 Å². The van der Waals surface area contributed by atoms with Crippen LogP contribution < -0.4 is 4.74 Å². The Kier molecular flexibility index (Phi) is 5.36. The Hall–Kier alpha value is -1.66. The average Bonchev–Trinajstić information content (AvgIpc) is 3.06. The van der Waals surface area contributed by atoms with E-state index in [-0.39, 0.29) is 17.6 Å². The molecule has 0 spiro atoms. The molecule has 2 saturated heterocycles. The highest BCUT2D eigenvalue weighted by Crippen LogP contribution is 2.29. The van der Waals surface area contributed by atoms with Gasteiger partial charge in [0.25, 0.3) is 0 Å². The predicted octanol–water partition coefficient (Wildman–Crippen LogP) is 2.25. The number of rotatable bonds is 5. The molecule has 0 N–H and O–H groups in total. The van der Waals surface area contributed by atoms with Crippen LogP contribution in [0.5, 0.6) is 5.75 Å². The summed E-state index contributed by atoms with van der Waals surface area (Å²) in [6.45, 7) is 2.87. The lowest BCUT2D eigenvalue weighted by Gasteiger charge is -2.30. The topological polar surface area (TPSA) is 48.0 Å². The van der Waals surface area contributed by atoms with Gasteiger partial charge < -0.3 is 19.1 Å². The lowest BCUT2D eigenvalue weighted by molar-refractivity contribution is -0.139. The van der Waals surface area contributed by atoms with Gasteiger partial charge in [-0.25, -0.2) is 4.39 Å². The molecule has 0 radical (unpaired) electrons. The summed E-state index contributed by atoms with van der Waals surface area (Å²) in [5.41, 5.74) is -0.505. The average molecular weight is 337 g/mol. The normalized spacial score (nSPS) is 25.0. The minimum atomic E-state index is -0.505. The summed E-state index contributed by atoms with van der Waals surface area (Å²) in [6, 6.07) is 5.92. The molecule has 1 atom stereocenters. The van der Waals surface area contributed by atoms with Crippen molar-refractivity contribution in [1.29, 1.82) is 0 Å². The Bertz CT molecular complexity index is 559. The van der Waals surface area contributed by atoms with Crippen LogP contribution >= 0.6 is 0 Å². The largest absolute Gasteiger partial charge is 0.491 e. The highest BCUT2D eigenvalue weighted by molar-refractivity contribution is 5.79. The third kappa shape index (κ3) is 3.87. The van der Waals surface area contributed by atoms with Gasteiger partial charge in [-0.15, -0.1) is 0 Å². The molecule has 0 aliphatic carbocycles. The SMILES string of the molecule is CO[C@]1(COc2ccc(F)cc2)CCN(C(=O)C2CCOCC2)C1. The van der Waals surface area contributed by atoms with Gasteiger partial charge in [0.15, 0.2) is 0 Å². The summed E-state index contributed by atoms with van der Waals surface area (Å²) in [7, 11) is 1.65. The molecule has 0 bridgehead atoms. The van der Waals surface area contributed by atoms with E-state index >= 15 is 0 Å². The van der Waals surface area contributed by atoms with Crippen molar-refractivity contribution in [3.8, 4) is 5.75 Å². The van der Waals surface area contributed by atoms with Crippen molar-refractivity contribution < 1.29 is 23.4 Å². The van der Waals surface area contributed by atoms with Gasteiger partial charge in [-0.2, -0.15) is 0 Å². The van der Waals surface area contributed by atoms with Crippen molar-refractivity contribution in [2.24, 2.45) is 5.92 Å². The minimum Gasteiger partial charge on any atom is -0.491 e. The Balaban J connectivity index is 1.57. The summed E-state index contributed by atoms with van der Waals surface area (Å²) >= 11 is 0. The predicted molar refractivity (Wildman–Crippen MR) is 86.4 cm³/mol. The maximum atomic E-state index is 13.0. The molecule has 1 amide bonds. The number of ether oxygens (including phenoxy) is 3. The second kappa shape index (κ2) is 7.49. The number of nitrogens with zero attached hydrogens (tertiary/aromatic N) is 1. The first kappa shape index (κ1) is 17.2. The van der Waals surface area contributed by atoms with E-state index in [9.17, 15) is 9.18 Å². The zero-order valence-corrected chi connectivity index (χ0v) is 14.0. The van der Waals surface area contributed by atoms with Gasteiger partial charge in [0.1, 0.15) is 23.8 Å². The van der Waals surface area contributed by atoms with Crippen LogP contribution in [0.2, 0.25) is 0 Å². The van der Waals surface area contributed by atoms with Crippen molar-refractivity contribution in [2.45, 2.75) is 24.9 Å². The van der Waals surface area contributed by atoms with E-state index in [1.165, 1.54) is 12.1 Å². The van der Waals surface area contributed by atoms with Crippen molar-refractivity contribution in [3.63, 3.8) is 0 Å². The van der Waals surface area contributed by atoms with Gasteiger partial charge in [-0.3, -0.25) is 4.79 Å². The Morgan fingerprint density at radius 2 is 2.04 bits per heavy atom. The molecule has 24 heavy (non-hydrogen) atoms. The Morgan fingerprint density at radius 3 is 2.71 bits per heavy atom. The fourth-order valence-corrected chi connectivity index (χ4v) is 3.32. The van der Waals surface area contributed by atoms with Gasteiger partial charge in [0.05, 0.1) is 6.54 Å². The second-order valence-electron chi connectivity index (χ2n) is 6.53. The molecule has 6 heteroatoms. The van der Waals surface area contributed by atoms with Crippen LogP contribution in [0.15, 0.2) is 24.3 Å². The van der Waals surface area contributed by atoms with E-state index in [0.29, 0.717) is 38.7 Å². The zero-order valence-electron chi connectivity index (χ0n) is 14.0. The number of likely N-dealkylation sites (tertiary alicyclic amines) is 1. The zero-order chi connectivity index (χ0) is 17.0. The number of hydrogen-bond donors (Lipinski definition) is 0. The summed E-state index contributed by atoms with van der Waals surface area (Å²) in [6.07, 6.45) is 2.32. The van der Waals surface area contributed by atoms with Gasteiger partial charge in [-0.05, 0) is 43.5 Å². The van der Waals surface area contributed by atoms with E-state index < -0.39 is 5.60 Å². The van der Waals surface area contributed by atoms with E-state index in [1.54, 1.807) is 19.2 Å². The fraction of sp³-hybridized carbons (Fsp3) is 0.611. The number of amides is 1. The molecule has 2 aliphatic heterocycles. The van der Waals surface area contributed by atoms with Crippen molar-refractivity contribution >= 4 is 5.91 Å². The first-order valence-electron chi connectivity index (χ1n) is 8.42. The summed E-state index contributed by atoms with van der Waals surface area (Å²) in [5.74, 6) is 0.559. The molecule has 1 aromatic rings. The van der Waals surface area contributed by atoms with Crippen molar-refractivity contribution in [2.75, 3.05) is 40.0 Å². The molecular formula is C18H24FNO4. The third-order valence-electron chi connectivity index (χ3n) is 4.95. The van der Waals surface area contributed by atoms with Crippen LogP contribution in [0.25, 0.3) is 0 Å².